The molecule has 0 amide bonds. The van der Waals surface area contributed by atoms with Crippen LogP contribution in [0.1, 0.15) is 10.4 Å². The minimum atomic E-state index is -0.346. The third kappa shape index (κ3) is 2.06. The highest BCUT2D eigenvalue weighted by Gasteiger charge is 2.08. The van der Waals surface area contributed by atoms with Crippen molar-refractivity contribution in [1.29, 1.82) is 0 Å². The number of hydrogen-bond donors (Lipinski definition) is 1. The van der Waals surface area contributed by atoms with Gasteiger partial charge in [-0.1, -0.05) is 6.07 Å². The molecule has 0 saturated carbocycles. The van der Waals surface area contributed by atoms with Gasteiger partial charge in [-0.3, -0.25) is 0 Å². The van der Waals surface area contributed by atoms with Gasteiger partial charge in [0.25, 0.3) is 0 Å². The van der Waals surface area contributed by atoms with Crippen molar-refractivity contribution >= 4 is 32.1 Å². The maximum Gasteiger partial charge on any atom is 0.130 e. The van der Waals surface area contributed by atoms with Crippen LogP contribution < -0.4 is 0 Å². The summed E-state index contributed by atoms with van der Waals surface area (Å²) in [5, 5.41) is 12.4. The van der Waals surface area contributed by atoms with Gasteiger partial charge in [-0.15, -0.1) is 22.7 Å². The van der Waals surface area contributed by atoms with Crippen LogP contribution in [0.15, 0.2) is 35.7 Å². The van der Waals surface area contributed by atoms with Crippen LogP contribution in [0.4, 0.5) is 4.39 Å². The van der Waals surface area contributed by atoms with E-state index in [1.807, 2.05) is 0 Å². The average molecular weight is 264 g/mol. The first-order valence-corrected chi connectivity index (χ1v) is 6.85. The van der Waals surface area contributed by atoms with Crippen LogP contribution in [-0.2, 0) is 6.42 Å². The second-order valence-electron chi connectivity index (χ2n) is 3.83. The van der Waals surface area contributed by atoms with Crippen molar-refractivity contribution in [3.05, 3.63) is 52.0 Å². The fraction of sp³-hybridized carbons (Fsp3) is 0.0769. The van der Waals surface area contributed by atoms with Crippen molar-refractivity contribution < 1.29 is 9.50 Å². The van der Waals surface area contributed by atoms with Crippen LogP contribution in [0, 0.1) is 5.82 Å². The van der Waals surface area contributed by atoms with Gasteiger partial charge in [-0.05, 0) is 29.1 Å². The molecule has 86 valence electrons. The Morgan fingerprint density at radius 3 is 2.82 bits per heavy atom. The summed E-state index contributed by atoms with van der Waals surface area (Å²) in [6.07, 6.45) is 0.582. The molecule has 0 aliphatic rings. The van der Waals surface area contributed by atoms with Gasteiger partial charge in [-0.25, -0.2) is 4.39 Å². The van der Waals surface area contributed by atoms with Crippen molar-refractivity contribution in [2.24, 2.45) is 0 Å². The Labute approximate surface area is 106 Å². The van der Waals surface area contributed by atoms with Crippen LogP contribution in [0.2, 0.25) is 0 Å². The lowest BCUT2D eigenvalue weighted by molar-refractivity contribution is 0.468. The smallest absolute Gasteiger partial charge is 0.130 e. The molecular weight excluding hydrogens is 255 g/mol. The lowest BCUT2D eigenvalue weighted by atomic mass is 10.1. The Kier molecular flexibility index (Phi) is 2.61. The predicted octanol–water partition coefficient (Wildman–Crippen LogP) is 4.40. The number of thiophene rings is 2. The zero-order chi connectivity index (χ0) is 11.8. The van der Waals surface area contributed by atoms with Gasteiger partial charge >= 0.3 is 0 Å². The normalized spacial score (nSPS) is 11.1. The average Bonchev–Trinajstić information content (AvgIpc) is 2.82. The molecule has 17 heavy (non-hydrogen) atoms. The lowest BCUT2D eigenvalue weighted by Gasteiger charge is -2.01. The topological polar surface area (TPSA) is 20.2 Å². The van der Waals surface area contributed by atoms with Crippen LogP contribution in [0.25, 0.3) is 9.40 Å². The van der Waals surface area contributed by atoms with Gasteiger partial charge in [0, 0.05) is 22.8 Å². The molecule has 0 aliphatic heterocycles. The van der Waals surface area contributed by atoms with Gasteiger partial charge in [0.05, 0.1) is 4.01 Å². The molecular formula is C13H9FOS2. The van der Waals surface area contributed by atoms with E-state index in [2.05, 4.69) is 17.5 Å². The first-order chi connectivity index (χ1) is 8.22. The molecule has 0 aliphatic carbocycles. The first-order valence-electron chi connectivity index (χ1n) is 5.16. The number of phenolic OH excluding ortho intramolecular Hbond substituents is 1. The van der Waals surface area contributed by atoms with Crippen molar-refractivity contribution in [2.45, 2.75) is 6.42 Å². The number of aromatic hydroxyl groups is 1. The molecule has 0 fully saturated rings. The number of benzene rings is 1. The zero-order valence-corrected chi connectivity index (χ0v) is 10.4. The van der Waals surface area contributed by atoms with Crippen LogP contribution in [0.5, 0.6) is 5.75 Å². The van der Waals surface area contributed by atoms with E-state index < -0.39 is 0 Å². The number of rotatable bonds is 2. The van der Waals surface area contributed by atoms with Crippen LogP contribution >= 0.6 is 22.7 Å². The second-order valence-corrected chi connectivity index (χ2v) is 6.14. The molecule has 3 aromatic rings. The largest absolute Gasteiger partial charge is 0.508 e. The minimum absolute atomic E-state index is 0.0292. The van der Waals surface area contributed by atoms with E-state index in [4.69, 9.17) is 5.11 Å². The van der Waals surface area contributed by atoms with Crippen LogP contribution in [0.3, 0.4) is 0 Å². The van der Waals surface area contributed by atoms with E-state index in [1.165, 1.54) is 15.5 Å². The SMILES string of the molecule is Oc1ccc(Cc2cc3ccsc3s2)c(F)c1. The summed E-state index contributed by atoms with van der Waals surface area (Å²) >= 11 is 3.41. The summed E-state index contributed by atoms with van der Waals surface area (Å²) < 4.78 is 14.8. The quantitative estimate of drug-likeness (QED) is 0.727. The molecule has 0 spiro atoms. The third-order valence-corrected chi connectivity index (χ3v) is 4.81. The molecule has 0 atom stereocenters. The molecule has 0 radical (unpaired) electrons. The van der Waals surface area contributed by atoms with Gasteiger partial charge in [0.15, 0.2) is 0 Å². The minimum Gasteiger partial charge on any atom is -0.508 e. The highest BCUT2D eigenvalue weighted by atomic mass is 32.2. The molecule has 0 saturated heterocycles. The molecule has 2 heterocycles. The maximum atomic E-state index is 13.6. The maximum absolute atomic E-state index is 13.6. The molecule has 4 heteroatoms. The molecule has 2 aromatic heterocycles. The van der Waals surface area contributed by atoms with Crippen molar-refractivity contribution in [1.82, 2.24) is 0 Å². The van der Waals surface area contributed by atoms with Crippen molar-refractivity contribution in [2.75, 3.05) is 0 Å². The van der Waals surface area contributed by atoms with Crippen molar-refractivity contribution in [3.63, 3.8) is 0 Å². The second kappa shape index (κ2) is 4.13. The molecule has 1 nitrogen and oxygen atoms in total. The molecule has 3 rings (SSSR count). The van der Waals surface area contributed by atoms with E-state index >= 15 is 0 Å². The molecule has 1 aromatic carbocycles. The van der Waals surface area contributed by atoms with Crippen LogP contribution in [-0.4, -0.2) is 5.11 Å². The first kappa shape index (κ1) is 10.7. The Morgan fingerprint density at radius 1 is 1.18 bits per heavy atom. The van der Waals surface area contributed by atoms with E-state index in [0.717, 1.165) is 10.9 Å². The van der Waals surface area contributed by atoms with E-state index in [1.54, 1.807) is 28.7 Å². The number of hydrogen-bond acceptors (Lipinski definition) is 3. The fourth-order valence-electron chi connectivity index (χ4n) is 1.77. The van der Waals surface area contributed by atoms with Gasteiger partial charge < -0.3 is 5.11 Å². The summed E-state index contributed by atoms with van der Waals surface area (Å²) in [5.74, 6) is -0.375. The molecule has 0 unspecified atom stereocenters. The number of fused-ring (bicyclic) bond motifs is 1. The third-order valence-electron chi connectivity index (χ3n) is 2.60. The predicted molar refractivity (Wildman–Crippen MR) is 70.6 cm³/mol. The summed E-state index contributed by atoms with van der Waals surface area (Å²) in [6.45, 7) is 0. The molecule has 0 bridgehead atoms. The zero-order valence-electron chi connectivity index (χ0n) is 8.81. The highest BCUT2D eigenvalue weighted by Crippen LogP contribution is 2.32. The summed E-state index contributed by atoms with van der Waals surface area (Å²) in [7, 11) is 0. The van der Waals surface area contributed by atoms with Crippen molar-refractivity contribution in [3.8, 4) is 5.75 Å². The lowest BCUT2D eigenvalue weighted by Crippen LogP contribution is -1.89. The Hall–Kier alpha value is -1.39. The van der Waals surface area contributed by atoms with Gasteiger partial charge in [-0.2, -0.15) is 0 Å². The van der Waals surface area contributed by atoms with E-state index in [0.29, 0.717) is 12.0 Å². The Balaban J connectivity index is 1.94. The van der Waals surface area contributed by atoms with Gasteiger partial charge in [0.1, 0.15) is 11.6 Å². The Bertz CT molecular complexity index is 640. The summed E-state index contributed by atoms with van der Waals surface area (Å²) in [6, 6.07) is 8.49. The highest BCUT2D eigenvalue weighted by molar-refractivity contribution is 7.37. The van der Waals surface area contributed by atoms with E-state index in [9.17, 15) is 4.39 Å². The molecule has 1 N–H and O–H groups in total. The summed E-state index contributed by atoms with van der Waals surface area (Å²) in [4.78, 5) is 1.15. The number of halogens is 1. The summed E-state index contributed by atoms with van der Waals surface area (Å²) in [5.41, 5.74) is 0.622. The Morgan fingerprint density at radius 2 is 2.06 bits per heavy atom. The van der Waals surface area contributed by atoms with E-state index in [-0.39, 0.29) is 11.6 Å². The monoisotopic (exact) mass is 264 g/mol. The fourth-order valence-corrected chi connectivity index (χ4v) is 3.95. The van der Waals surface area contributed by atoms with Gasteiger partial charge in [0.2, 0.25) is 0 Å². The number of phenols is 1. The standard InChI is InChI=1S/C13H9FOS2/c14-12-7-10(15)2-1-8(12)5-11-6-9-3-4-16-13(9)17-11/h1-4,6-7,15H,5H2.